The summed E-state index contributed by atoms with van der Waals surface area (Å²) in [4.78, 5) is 38.4. The third-order valence-electron chi connectivity index (χ3n) is 15.4. The summed E-state index contributed by atoms with van der Waals surface area (Å²) in [6, 6.07) is 0. The highest BCUT2D eigenvalue weighted by Crippen LogP contribution is 2.17. The molecule has 0 aromatic heterocycles. The van der Waals surface area contributed by atoms with Crippen molar-refractivity contribution >= 4 is 17.9 Å². The maximum Gasteiger partial charge on any atom is 0.306 e. The summed E-state index contributed by atoms with van der Waals surface area (Å²) in [5.74, 6) is -0.860. The van der Waals surface area contributed by atoms with E-state index in [4.69, 9.17) is 14.2 Å². The lowest BCUT2D eigenvalue weighted by Gasteiger charge is -2.18. The van der Waals surface area contributed by atoms with E-state index in [1.165, 1.54) is 218 Å². The Bertz CT molecular complexity index is 1530. The van der Waals surface area contributed by atoms with E-state index in [1.807, 2.05) is 0 Å². The SMILES string of the molecule is CC/C=C\C/C=C\C/C=C\C/C=C\C/C=C\C/C=C\CCCCCCCCCCCCCCC(=O)OCC(COC(=O)CCCCCCCCCCCCCCCC)OC(=O)CCCCCCCCC/C=C\CCCCCCCCC. The van der Waals surface area contributed by atoms with Crippen molar-refractivity contribution in [1.82, 2.24) is 0 Å². The Hall–Kier alpha value is -3.41. The Morgan fingerprint density at radius 3 is 0.765 bits per heavy atom. The molecule has 0 bridgehead atoms. The van der Waals surface area contributed by atoms with Crippen LogP contribution in [0.5, 0.6) is 0 Å². The molecule has 0 aliphatic heterocycles. The standard InChI is InChI=1S/C75H132O6/c1-4-7-10-13-16-19-22-25-28-30-32-33-34-35-36-37-38-39-40-41-42-43-44-46-47-50-53-56-59-62-65-68-74(77)80-71-72(70-79-73(76)67-64-61-58-55-52-49-27-24-21-18-15-12-9-6-3)81-75(78)69-66-63-60-57-54-51-48-45-31-29-26-23-20-17-14-11-8-5-2/h7,10,16,19,25,28-29,31-33,35-36,38-39,72H,4-6,8-9,11-15,17-18,20-24,26-27,30,34,37,40-71H2,1-3H3/b10-7-,19-16-,28-25-,31-29-,33-32-,36-35-,39-38-. The average molecular weight is 1130 g/mol. The number of hydrogen-bond donors (Lipinski definition) is 0. The minimum Gasteiger partial charge on any atom is -0.462 e. The molecule has 1 unspecified atom stereocenters. The fourth-order valence-electron chi connectivity index (χ4n) is 10.2. The van der Waals surface area contributed by atoms with Crippen molar-refractivity contribution in [3.63, 3.8) is 0 Å². The van der Waals surface area contributed by atoms with Gasteiger partial charge in [0.1, 0.15) is 13.2 Å². The lowest BCUT2D eigenvalue weighted by molar-refractivity contribution is -0.167. The van der Waals surface area contributed by atoms with Gasteiger partial charge in [-0.05, 0) is 96.3 Å². The summed E-state index contributed by atoms with van der Waals surface area (Å²) < 4.78 is 17.0. The second-order valence-electron chi connectivity index (χ2n) is 23.4. The predicted molar refractivity (Wildman–Crippen MR) is 353 cm³/mol. The van der Waals surface area contributed by atoms with Gasteiger partial charge < -0.3 is 14.2 Å². The highest BCUT2D eigenvalue weighted by atomic mass is 16.6. The first-order valence-electron chi connectivity index (χ1n) is 35.1. The van der Waals surface area contributed by atoms with Gasteiger partial charge >= 0.3 is 17.9 Å². The van der Waals surface area contributed by atoms with Gasteiger partial charge in [-0.25, -0.2) is 0 Å². The number of hydrogen-bond acceptors (Lipinski definition) is 6. The number of ether oxygens (including phenoxy) is 3. The van der Waals surface area contributed by atoms with Crippen LogP contribution < -0.4 is 0 Å². The normalized spacial score (nSPS) is 12.6. The fourth-order valence-corrected chi connectivity index (χ4v) is 10.2. The van der Waals surface area contributed by atoms with Gasteiger partial charge in [0.15, 0.2) is 6.10 Å². The van der Waals surface area contributed by atoms with Gasteiger partial charge in [0.25, 0.3) is 0 Å². The number of unbranched alkanes of at least 4 members (excludes halogenated alkanes) is 39. The van der Waals surface area contributed by atoms with Crippen LogP contribution in [-0.2, 0) is 28.6 Å². The molecule has 0 N–H and O–H groups in total. The summed E-state index contributed by atoms with van der Waals surface area (Å²) in [6.45, 7) is 6.57. The molecule has 6 heteroatoms. The van der Waals surface area contributed by atoms with E-state index in [-0.39, 0.29) is 31.1 Å². The topological polar surface area (TPSA) is 78.9 Å². The summed E-state index contributed by atoms with van der Waals surface area (Å²) in [6.07, 6.45) is 91.7. The van der Waals surface area contributed by atoms with Crippen LogP contribution in [0.1, 0.15) is 355 Å². The number of carbonyl (C=O) groups excluding carboxylic acids is 3. The van der Waals surface area contributed by atoms with Crippen LogP contribution in [0.4, 0.5) is 0 Å². The molecule has 0 aliphatic rings. The van der Waals surface area contributed by atoms with Crippen LogP contribution in [0.15, 0.2) is 85.1 Å². The smallest absolute Gasteiger partial charge is 0.306 e. The maximum atomic E-state index is 12.9. The van der Waals surface area contributed by atoms with Gasteiger partial charge in [0.2, 0.25) is 0 Å². The summed E-state index contributed by atoms with van der Waals surface area (Å²) in [5.41, 5.74) is 0. The zero-order valence-electron chi connectivity index (χ0n) is 53.8. The van der Waals surface area contributed by atoms with Crippen LogP contribution in [0, 0.1) is 0 Å². The molecule has 0 saturated heterocycles. The monoisotopic (exact) mass is 1130 g/mol. The average Bonchev–Trinajstić information content (AvgIpc) is 3.47. The summed E-state index contributed by atoms with van der Waals surface area (Å²) in [5, 5.41) is 0. The van der Waals surface area contributed by atoms with E-state index in [2.05, 4.69) is 106 Å². The molecule has 81 heavy (non-hydrogen) atoms. The number of esters is 3. The van der Waals surface area contributed by atoms with Crippen LogP contribution in [-0.4, -0.2) is 37.2 Å². The largest absolute Gasteiger partial charge is 0.462 e. The highest BCUT2D eigenvalue weighted by Gasteiger charge is 2.19. The zero-order chi connectivity index (χ0) is 58.5. The van der Waals surface area contributed by atoms with E-state index in [0.29, 0.717) is 19.3 Å². The van der Waals surface area contributed by atoms with Gasteiger partial charge in [0, 0.05) is 19.3 Å². The molecule has 0 saturated carbocycles. The first kappa shape index (κ1) is 77.6. The van der Waals surface area contributed by atoms with E-state index in [1.54, 1.807) is 0 Å². The van der Waals surface area contributed by atoms with Crippen molar-refractivity contribution in [1.29, 1.82) is 0 Å². The molecule has 0 aliphatic carbocycles. The molecule has 0 fully saturated rings. The molecule has 6 nitrogen and oxygen atoms in total. The number of allylic oxidation sites excluding steroid dienone is 14. The molecule has 1 atom stereocenters. The molecule has 0 heterocycles. The molecule has 0 rings (SSSR count). The van der Waals surface area contributed by atoms with Gasteiger partial charge in [-0.1, -0.05) is 324 Å². The summed E-state index contributed by atoms with van der Waals surface area (Å²) in [7, 11) is 0. The van der Waals surface area contributed by atoms with Gasteiger partial charge in [-0.15, -0.1) is 0 Å². The third kappa shape index (κ3) is 67.3. The third-order valence-corrected chi connectivity index (χ3v) is 15.4. The maximum absolute atomic E-state index is 12.9. The second-order valence-corrected chi connectivity index (χ2v) is 23.4. The zero-order valence-corrected chi connectivity index (χ0v) is 53.8. The van der Waals surface area contributed by atoms with Crippen LogP contribution >= 0.6 is 0 Å². The Morgan fingerprint density at radius 2 is 0.481 bits per heavy atom. The van der Waals surface area contributed by atoms with Crippen molar-refractivity contribution < 1.29 is 28.6 Å². The minimum atomic E-state index is -0.778. The van der Waals surface area contributed by atoms with E-state index in [9.17, 15) is 14.4 Å². The molecule has 0 radical (unpaired) electrons. The van der Waals surface area contributed by atoms with E-state index in [0.717, 1.165) is 96.3 Å². The lowest BCUT2D eigenvalue weighted by Crippen LogP contribution is -2.30. The van der Waals surface area contributed by atoms with Crippen molar-refractivity contribution in [2.75, 3.05) is 13.2 Å². The van der Waals surface area contributed by atoms with Gasteiger partial charge in [-0.2, -0.15) is 0 Å². The molecule has 0 spiro atoms. The van der Waals surface area contributed by atoms with Crippen molar-refractivity contribution in [3.05, 3.63) is 85.1 Å². The first-order valence-corrected chi connectivity index (χ1v) is 35.1. The van der Waals surface area contributed by atoms with Crippen LogP contribution in [0.2, 0.25) is 0 Å². The highest BCUT2D eigenvalue weighted by molar-refractivity contribution is 5.71. The molecule has 0 amide bonds. The van der Waals surface area contributed by atoms with Crippen LogP contribution in [0.25, 0.3) is 0 Å². The molecular formula is C75H132O6. The van der Waals surface area contributed by atoms with Crippen molar-refractivity contribution in [3.8, 4) is 0 Å². The van der Waals surface area contributed by atoms with E-state index >= 15 is 0 Å². The van der Waals surface area contributed by atoms with E-state index < -0.39 is 6.10 Å². The van der Waals surface area contributed by atoms with Crippen molar-refractivity contribution in [2.24, 2.45) is 0 Å². The lowest BCUT2D eigenvalue weighted by atomic mass is 10.0. The first-order chi connectivity index (χ1) is 40.0. The molecule has 0 aromatic carbocycles. The quantitative estimate of drug-likeness (QED) is 0.0261. The molecule has 468 valence electrons. The Kier molecular flexibility index (Phi) is 66.2. The fraction of sp³-hybridized carbons (Fsp3) is 0.773. The Balaban J connectivity index is 4.25. The van der Waals surface area contributed by atoms with Gasteiger partial charge in [0.05, 0.1) is 0 Å². The molecule has 0 aromatic rings. The van der Waals surface area contributed by atoms with Crippen LogP contribution in [0.3, 0.4) is 0 Å². The minimum absolute atomic E-state index is 0.0736. The van der Waals surface area contributed by atoms with Crippen molar-refractivity contribution in [2.45, 2.75) is 361 Å². The number of carbonyl (C=O) groups is 3. The summed E-state index contributed by atoms with van der Waals surface area (Å²) >= 11 is 0. The second kappa shape index (κ2) is 69.1. The Labute approximate surface area is 503 Å². The Morgan fingerprint density at radius 1 is 0.259 bits per heavy atom. The predicted octanol–water partition coefficient (Wildman–Crippen LogP) is 24.2. The molecular weight excluding hydrogens is 997 g/mol. The number of rotatable bonds is 64. The van der Waals surface area contributed by atoms with Gasteiger partial charge in [-0.3, -0.25) is 14.4 Å².